The van der Waals surface area contributed by atoms with Gasteiger partial charge in [-0.05, 0) is 37.6 Å². The molecular weight excluding hydrogens is 254 g/mol. The Bertz CT molecular complexity index is 416. The van der Waals surface area contributed by atoms with E-state index in [1.807, 2.05) is 26.0 Å². The average molecular weight is 279 g/mol. The first kappa shape index (κ1) is 16.5. The van der Waals surface area contributed by atoms with Crippen LogP contribution in [0.5, 0.6) is 5.75 Å². The molecule has 0 fully saturated rings. The van der Waals surface area contributed by atoms with Crippen molar-refractivity contribution in [1.82, 2.24) is 5.32 Å². The van der Waals surface area contributed by atoms with Crippen LogP contribution in [0.3, 0.4) is 0 Å². The standard InChI is InChI=1S/C16H25NO3/c1-5-13-7-9-14(10-8-13)20-12-11-16(3,17-6-2)15(18)19-4/h7-10,17H,5-6,11-12H2,1-4H3. The summed E-state index contributed by atoms with van der Waals surface area (Å²) >= 11 is 0. The van der Waals surface area contributed by atoms with Crippen LogP contribution in [-0.2, 0) is 16.0 Å². The van der Waals surface area contributed by atoms with Crippen molar-refractivity contribution in [2.24, 2.45) is 0 Å². The number of methoxy groups -OCH3 is 1. The first-order valence-corrected chi connectivity index (χ1v) is 7.11. The zero-order valence-electron chi connectivity index (χ0n) is 12.9. The molecule has 0 aromatic heterocycles. The van der Waals surface area contributed by atoms with Gasteiger partial charge in [-0.25, -0.2) is 0 Å². The smallest absolute Gasteiger partial charge is 0.325 e. The Kier molecular flexibility index (Phi) is 6.52. The molecule has 1 atom stereocenters. The summed E-state index contributed by atoms with van der Waals surface area (Å²) in [6.45, 7) is 7.09. The SMILES string of the molecule is CCNC(C)(CCOc1ccc(CC)cc1)C(=O)OC. The molecule has 0 aliphatic rings. The Morgan fingerprint density at radius 2 is 1.90 bits per heavy atom. The van der Waals surface area contributed by atoms with Crippen molar-refractivity contribution in [3.8, 4) is 5.75 Å². The third-order valence-electron chi connectivity index (χ3n) is 3.41. The van der Waals surface area contributed by atoms with Gasteiger partial charge in [0.25, 0.3) is 0 Å². The van der Waals surface area contributed by atoms with Crippen LogP contribution >= 0.6 is 0 Å². The van der Waals surface area contributed by atoms with Crippen molar-refractivity contribution in [1.29, 1.82) is 0 Å². The molecule has 0 heterocycles. The Morgan fingerprint density at radius 3 is 2.40 bits per heavy atom. The number of carbonyl (C=O) groups is 1. The van der Waals surface area contributed by atoms with E-state index in [4.69, 9.17) is 9.47 Å². The maximum Gasteiger partial charge on any atom is 0.325 e. The normalized spacial score (nSPS) is 13.6. The van der Waals surface area contributed by atoms with E-state index in [-0.39, 0.29) is 5.97 Å². The number of hydrogen-bond acceptors (Lipinski definition) is 4. The second-order valence-electron chi connectivity index (χ2n) is 4.95. The predicted octanol–water partition coefficient (Wildman–Crippen LogP) is 2.56. The second-order valence-corrected chi connectivity index (χ2v) is 4.95. The number of ether oxygens (including phenoxy) is 2. The summed E-state index contributed by atoms with van der Waals surface area (Å²) in [7, 11) is 1.41. The maximum absolute atomic E-state index is 11.8. The highest BCUT2D eigenvalue weighted by atomic mass is 16.5. The van der Waals surface area contributed by atoms with Crippen LogP contribution in [0.2, 0.25) is 0 Å². The molecular formula is C16H25NO3. The minimum Gasteiger partial charge on any atom is -0.494 e. The average Bonchev–Trinajstić information content (AvgIpc) is 2.47. The summed E-state index contributed by atoms with van der Waals surface area (Å²) in [5.41, 5.74) is 0.580. The van der Waals surface area contributed by atoms with E-state index in [9.17, 15) is 4.79 Å². The molecule has 1 rings (SSSR count). The van der Waals surface area contributed by atoms with Crippen molar-refractivity contribution in [3.63, 3.8) is 0 Å². The molecule has 1 aromatic rings. The number of esters is 1. The van der Waals surface area contributed by atoms with Crippen LogP contribution in [0.4, 0.5) is 0 Å². The molecule has 4 heteroatoms. The van der Waals surface area contributed by atoms with E-state index in [1.54, 1.807) is 0 Å². The van der Waals surface area contributed by atoms with Crippen molar-refractivity contribution in [2.45, 2.75) is 39.2 Å². The first-order valence-electron chi connectivity index (χ1n) is 7.11. The minimum atomic E-state index is -0.702. The molecule has 0 saturated carbocycles. The van der Waals surface area contributed by atoms with Gasteiger partial charge in [0.2, 0.25) is 0 Å². The highest BCUT2D eigenvalue weighted by Crippen LogP contribution is 2.16. The zero-order chi connectivity index (χ0) is 15.0. The van der Waals surface area contributed by atoms with E-state index in [0.29, 0.717) is 19.6 Å². The van der Waals surface area contributed by atoms with Crippen LogP contribution in [0.15, 0.2) is 24.3 Å². The number of nitrogens with one attached hydrogen (secondary N) is 1. The molecule has 0 aliphatic carbocycles. The van der Waals surface area contributed by atoms with Crippen molar-refractivity contribution in [3.05, 3.63) is 29.8 Å². The van der Waals surface area contributed by atoms with Gasteiger partial charge in [0.15, 0.2) is 0 Å². The fourth-order valence-corrected chi connectivity index (χ4v) is 2.07. The maximum atomic E-state index is 11.8. The third-order valence-corrected chi connectivity index (χ3v) is 3.41. The van der Waals surface area contributed by atoms with Gasteiger partial charge >= 0.3 is 5.97 Å². The Labute approximate surface area is 121 Å². The number of carbonyl (C=O) groups excluding carboxylic acids is 1. The van der Waals surface area contributed by atoms with E-state index in [1.165, 1.54) is 12.7 Å². The molecule has 0 radical (unpaired) electrons. The lowest BCUT2D eigenvalue weighted by Crippen LogP contribution is -2.51. The summed E-state index contributed by atoms with van der Waals surface area (Å²) in [5, 5.41) is 3.16. The van der Waals surface area contributed by atoms with Crippen molar-refractivity contribution in [2.75, 3.05) is 20.3 Å². The zero-order valence-corrected chi connectivity index (χ0v) is 12.9. The van der Waals surface area contributed by atoms with Gasteiger partial charge in [0.1, 0.15) is 11.3 Å². The Balaban J connectivity index is 2.53. The monoisotopic (exact) mass is 279 g/mol. The first-order chi connectivity index (χ1) is 9.55. The number of benzene rings is 1. The summed E-state index contributed by atoms with van der Waals surface area (Å²) < 4.78 is 10.5. The van der Waals surface area contributed by atoms with Gasteiger partial charge in [-0.3, -0.25) is 4.79 Å². The van der Waals surface area contributed by atoms with Gasteiger partial charge in [-0.2, -0.15) is 0 Å². The molecule has 1 unspecified atom stereocenters. The Morgan fingerprint density at radius 1 is 1.25 bits per heavy atom. The van der Waals surface area contributed by atoms with Crippen LogP contribution in [0.1, 0.15) is 32.8 Å². The van der Waals surface area contributed by atoms with E-state index in [0.717, 1.165) is 12.2 Å². The fraction of sp³-hybridized carbons (Fsp3) is 0.562. The molecule has 0 spiro atoms. The largest absolute Gasteiger partial charge is 0.494 e. The summed E-state index contributed by atoms with van der Waals surface area (Å²) in [5.74, 6) is 0.565. The number of likely N-dealkylation sites (N-methyl/N-ethyl adjacent to an activating group) is 1. The van der Waals surface area contributed by atoms with Crippen molar-refractivity contribution < 1.29 is 14.3 Å². The van der Waals surface area contributed by atoms with E-state index >= 15 is 0 Å². The molecule has 1 N–H and O–H groups in total. The molecule has 0 aliphatic heterocycles. The summed E-state index contributed by atoms with van der Waals surface area (Å²) in [6.07, 6.45) is 1.57. The van der Waals surface area contributed by atoms with E-state index in [2.05, 4.69) is 24.4 Å². The molecule has 1 aromatic carbocycles. The molecule has 112 valence electrons. The molecule has 4 nitrogen and oxygen atoms in total. The number of hydrogen-bond donors (Lipinski definition) is 1. The van der Waals surface area contributed by atoms with Crippen LogP contribution in [0, 0.1) is 0 Å². The van der Waals surface area contributed by atoms with Gasteiger partial charge in [-0.1, -0.05) is 26.0 Å². The second kappa shape index (κ2) is 7.90. The van der Waals surface area contributed by atoms with Gasteiger partial charge in [0.05, 0.1) is 13.7 Å². The van der Waals surface area contributed by atoms with Gasteiger partial charge in [0, 0.05) is 6.42 Å². The molecule has 0 amide bonds. The lowest BCUT2D eigenvalue weighted by Gasteiger charge is -2.27. The highest BCUT2D eigenvalue weighted by Gasteiger charge is 2.33. The van der Waals surface area contributed by atoms with Crippen LogP contribution in [-0.4, -0.2) is 31.8 Å². The van der Waals surface area contributed by atoms with Crippen LogP contribution in [0.25, 0.3) is 0 Å². The molecule has 0 saturated heterocycles. The third kappa shape index (κ3) is 4.53. The fourth-order valence-electron chi connectivity index (χ4n) is 2.07. The van der Waals surface area contributed by atoms with Crippen molar-refractivity contribution >= 4 is 5.97 Å². The lowest BCUT2D eigenvalue weighted by atomic mass is 9.98. The minimum absolute atomic E-state index is 0.260. The topological polar surface area (TPSA) is 47.6 Å². The van der Waals surface area contributed by atoms with Gasteiger partial charge in [-0.15, -0.1) is 0 Å². The lowest BCUT2D eigenvalue weighted by molar-refractivity contribution is -0.148. The molecule has 0 bridgehead atoms. The predicted molar refractivity (Wildman–Crippen MR) is 80.0 cm³/mol. The summed E-state index contributed by atoms with van der Waals surface area (Å²) in [4.78, 5) is 11.8. The van der Waals surface area contributed by atoms with Gasteiger partial charge < -0.3 is 14.8 Å². The van der Waals surface area contributed by atoms with Crippen LogP contribution < -0.4 is 10.1 Å². The highest BCUT2D eigenvalue weighted by molar-refractivity contribution is 5.80. The van der Waals surface area contributed by atoms with E-state index < -0.39 is 5.54 Å². The quantitative estimate of drug-likeness (QED) is 0.743. The number of aryl methyl sites for hydroxylation is 1. The molecule has 20 heavy (non-hydrogen) atoms. The number of rotatable bonds is 8. The Hall–Kier alpha value is -1.55. The summed E-state index contributed by atoms with van der Waals surface area (Å²) in [6, 6.07) is 8.03.